The van der Waals surface area contributed by atoms with E-state index in [1.165, 1.54) is 0 Å². The van der Waals surface area contributed by atoms with Crippen molar-refractivity contribution in [3.8, 4) is 0 Å². The molecule has 136 valence electrons. The van der Waals surface area contributed by atoms with E-state index >= 15 is 0 Å². The Labute approximate surface area is 150 Å². The second-order valence-corrected chi connectivity index (χ2v) is 6.83. The molecule has 0 radical (unpaired) electrons. The molecule has 6 nitrogen and oxygen atoms in total. The van der Waals surface area contributed by atoms with Gasteiger partial charge in [0.1, 0.15) is 0 Å². The third kappa shape index (κ3) is 5.36. The predicted octanol–water partition coefficient (Wildman–Crippen LogP) is 1.55. The monoisotopic (exact) mass is 343 g/mol. The molecule has 0 amide bonds. The second-order valence-electron chi connectivity index (χ2n) is 6.83. The van der Waals surface area contributed by atoms with Crippen molar-refractivity contribution >= 4 is 0 Å². The molecule has 0 saturated carbocycles. The number of aliphatic hydroxyl groups is 1. The molecule has 1 fully saturated rings. The Balaban J connectivity index is 1.51. The van der Waals surface area contributed by atoms with Crippen LogP contribution >= 0.6 is 0 Å². The van der Waals surface area contributed by atoms with Crippen molar-refractivity contribution in [2.45, 2.75) is 38.9 Å². The number of pyridine rings is 1. The van der Waals surface area contributed by atoms with Gasteiger partial charge in [-0.15, -0.1) is 0 Å². The van der Waals surface area contributed by atoms with Gasteiger partial charge in [-0.2, -0.15) is 5.10 Å². The van der Waals surface area contributed by atoms with Crippen LogP contribution in [0.3, 0.4) is 0 Å². The zero-order chi connectivity index (χ0) is 17.5. The van der Waals surface area contributed by atoms with E-state index in [1.807, 2.05) is 36.1 Å². The quantitative estimate of drug-likeness (QED) is 0.788. The minimum absolute atomic E-state index is 0.240. The zero-order valence-electron chi connectivity index (χ0n) is 15.1. The molecule has 0 spiro atoms. The maximum Gasteiger partial charge on any atom is 0.0547 e. The summed E-state index contributed by atoms with van der Waals surface area (Å²) in [5, 5.41) is 13.7. The van der Waals surface area contributed by atoms with E-state index in [0.717, 1.165) is 63.5 Å². The average molecular weight is 343 g/mol. The highest BCUT2D eigenvalue weighted by Crippen LogP contribution is 2.16. The summed E-state index contributed by atoms with van der Waals surface area (Å²) in [4.78, 5) is 9.62. The predicted molar refractivity (Wildman–Crippen MR) is 98.2 cm³/mol. The van der Waals surface area contributed by atoms with Crippen molar-refractivity contribution < 1.29 is 5.11 Å². The Morgan fingerprint density at radius 2 is 2.12 bits per heavy atom. The molecular weight excluding hydrogens is 314 g/mol. The molecule has 2 aromatic rings. The highest BCUT2D eigenvalue weighted by atomic mass is 16.3. The summed E-state index contributed by atoms with van der Waals surface area (Å²) in [5.41, 5.74) is 2.18. The van der Waals surface area contributed by atoms with Gasteiger partial charge in [-0.1, -0.05) is 6.07 Å². The number of aromatic nitrogens is 3. The average Bonchev–Trinajstić information content (AvgIpc) is 3.11. The van der Waals surface area contributed by atoms with Crippen LogP contribution in [0, 0.1) is 6.92 Å². The first kappa shape index (κ1) is 18.0. The van der Waals surface area contributed by atoms with Gasteiger partial charge in [-0.05, 0) is 38.0 Å². The number of rotatable bonds is 8. The molecule has 3 rings (SSSR count). The third-order valence-corrected chi connectivity index (χ3v) is 4.88. The molecule has 1 atom stereocenters. The molecule has 2 aromatic heterocycles. The molecule has 1 aliphatic heterocycles. The summed E-state index contributed by atoms with van der Waals surface area (Å²) in [6.45, 7) is 8.31. The van der Waals surface area contributed by atoms with E-state index in [-0.39, 0.29) is 6.61 Å². The minimum atomic E-state index is 0.240. The van der Waals surface area contributed by atoms with Crippen LogP contribution in [0.15, 0.2) is 36.7 Å². The smallest absolute Gasteiger partial charge is 0.0547 e. The molecule has 0 aliphatic carbocycles. The Hall–Kier alpha value is -1.76. The zero-order valence-corrected chi connectivity index (χ0v) is 15.1. The minimum Gasteiger partial charge on any atom is -0.396 e. The number of nitrogens with zero attached hydrogens (tertiary/aromatic N) is 5. The van der Waals surface area contributed by atoms with Gasteiger partial charge in [0.25, 0.3) is 0 Å². The molecule has 25 heavy (non-hydrogen) atoms. The van der Waals surface area contributed by atoms with E-state index in [2.05, 4.69) is 32.0 Å². The van der Waals surface area contributed by atoms with Crippen LogP contribution in [0.1, 0.15) is 24.2 Å². The molecule has 0 unspecified atom stereocenters. The van der Waals surface area contributed by atoms with Gasteiger partial charge in [0.05, 0.1) is 5.69 Å². The van der Waals surface area contributed by atoms with E-state index in [9.17, 15) is 5.11 Å². The van der Waals surface area contributed by atoms with Crippen LogP contribution in [0.4, 0.5) is 0 Å². The van der Waals surface area contributed by atoms with Crippen molar-refractivity contribution in [1.29, 1.82) is 0 Å². The maximum absolute atomic E-state index is 9.46. The largest absolute Gasteiger partial charge is 0.396 e. The fourth-order valence-electron chi connectivity index (χ4n) is 3.58. The number of hydrogen-bond acceptors (Lipinski definition) is 5. The Kier molecular flexibility index (Phi) is 6.55. The lowest BCUT2D eigenvalue weighted by atomic mass is 10.1. The van der Waals surface area contributed by atoms with Crippen molar-refractivity contribution in [1.82, 2.24) is 24.6 Å². The van der Waals surface area contributed by atoms with E-state index < -0.39 is 0 Å². The SMILES string of the molecule is Cc1cccc(CN2CCN(CCCn3cccn3)C[C@@H]2CCO)n1. The molecule has 1 aliphatic rings. The van der Waals surface area contributed by atoms with E-state index in [1.54, 1.807) is 0 Å². The number of aliphatic hydroxyl groups excluding tert-OH is 1. The fraction of sp³-hybridized carbons (Fsp3) is 0.579. The Morgan fingerprint density at radius 1 is 1.20 bits per heavy atom. The molecule has 3 heterocycles. The first-order chi connectivity index (χ1) is 12.2. The van der Waals surface area contributed by atoms with Crippen molar-refractivity contribution in [2.24, 2.45) is 0 Å². The molecule has 0 aromatic carbocycles. The van der Waals surface area contributed by atoms with Crippen molar-refractivity contribution in [3.05, 3.63) is 48.0 Å². The van der Waals surface area contributed by atoms with E-state index in [0.29, 0.717) is 6.04 Å². The lowest BCUT2D eigenvalue weighted by Crippen LogP contribution is -2.53. The van der Waals surface area contributed by atoms with Gasteiger partial charge in [-0.3, -0.25) is 14.6 Å². The standard InChI is InChI=1S/C19H29N5O/c1-17-5-2-6-18(21-17)15-23-13-12-22(16-19(23)7-14-25)9-4-11-24-10-3-8-20-24/h2-3,5-6,8,10,19,25H,4,7,9,11-16H2,1H3/t19-/m0/s1. The van der Waals surface area contributed by atoms with Gasteiger partial charge in [0.2, 0.25) is 0 Å². The highest BCUT2D eigenvalue weighted by molar-refractivity contribution is 5.10. The lowest BCUT2D eigenvalue weighted by molar-refractivity contribution is 0.0517. The normalized spacial score (nSPS) is 19.4. The second kappa shape index (κ2) is 9.08. The molecule has 1 N–H and O–H groups in total. The Bertz CT molecular complexity index is 631. The van der Waals surface area contributed by atoms with Gasteiger partial charge in [0.15, 0.2) is 0 Å². The van der Waals surface area contributed by atoms with Crippen molar-refractivity contribution in [3.63, 3.8) is 0 Å². The summed E-state index contributed by atoms with van der Waals surface area (Å²) in [7, 11) is 0. The van der Waals surface area contributed by atoms with Crippen LogP contribution in [0.2, 0.25) is 0 Å². The lowest BCUT2D eigenvalue weighted by Gasteiger charge is -2.41. The first-order valence-corrected chi connectivity index (χ1v) is 9.22. The van der Waals surface area contributed by atoms with Crippen molar-refractivity contribution in [2.75, 3.05) is 32.8 Å². The van der Waals surface area contributed by atoms with Crippen LogP contribution < -0.4 is 0 Å². The van der Waals surface area contributed by atoms with Gasteiger partial charge >= 0.3 is 0 Å². The van der Waals surface area contributed by atoms with Gasteiger partial charge in [-0.25, -0.2) is 0 Å². The van der Waals surface area contributed by atoms with Crippen LogP contribution in [-0.2, 0) is 13.1 Å². The van der Waals surface area contributed by atoms with Crippen LogP contribution in [0.25, 0.3) is 0 Å². The highest BCUT2D eigenvalue weighted by Gasteiger charge is 2.26. The molecule has 1 saturated heterocycles. The summed E-state index contributed by atoms with van der Waals surface area (Å²) in [6.07, 6.45) is 5.77. The molecule has 6 heteroatoms. The van der Waals surface area contributed by atoms with Gasteiger partial charge < -0.3 is 10.0 Å². The summed E-state index contributed by atoms with van der Waals surface area (Å²) in [5.74, 6) is 0. The number of hydrogen-bond donors (Lipinski definition) is 1. The summed E-state index contributed by atoms with van der Waals surface area (Å²) >= 11 is 0. The Morgan fingerprint density at radius 3 is 2.88 bits per heavy atom. The third-order valence-electron chi connectivity index (χ3n) is 4.88. The molecular formula is C19H29N5O. The number of aryl methyl sites for hydroxylation is 2. The summed E-state index contributed by atoms with van der Waals surface area (Å²) in [6, 6.07) is 8.57. The molecule has 0 bridgehead atoms. The van der Waals surface area contributed by atoms with Gasteiger partial charge in [0, 0.05) is 70.0 Å². The van der Waals surface area contributed by atoms with Crippen LogP contribution in [0.5, 0.6) is 0 Å². The maximum atomic E-state index is 9.46. The first-order valence-electron chi connectivity index (χ1n) is 9.22. The summed E-state index contributed by atoms with van der Waals surface area (Å²) < 4.78 is 1.99. The van der Waals surface area contributed by atoms with E-state index in [4.69, 9.17) is 0 Å². The topological polar surface area (TPSA) is 57.4 Å². The number of piperazine rings is 1. The van der Waals surface area contributed by atoms with Crippen LogP contribution in [-0.4, -0.2) is 68.5 Å². The fourth-order valence-corrected chi connectivity index (χ4v) is 3.58.